The van der Waals surface area contributed by atoms with Gasteiger partial charge in [0.1, 0.15) is 0 Å². The van der Waals surface area contributed by atoms with Crippen LogP contribution in [0.1, 0.15) is 57.2 Å². The topological polar surface area (TPSA) is 21.3 Å². The first-order valence-electron chi connectivity index (χ1n) is 7.92. The van der Waals surface area contributed by atoms with Crippen molar-refractivity contribution in [2.24, 2.45) is 5.92 Å². The summed E-state index contributed by atoms with van der Waals surface area (Å²) in [4.78, 5) is 0. The second-order valence-electron chi connectivity index (χ2n) is 6.68. The van der Waals surface area contributed by atoms with Crippen molar-refractivity contribution in [3.63, 3.8) is 0 Å². The molecule has 2 rings (SSSR count). The molecule has 1 atom stereocenters. The molecule has 0 amide bonds. The molecule has 0 saturated heterocycles. The molecule has 1 fully saturated rings. The minimum atomic E-state index is 0.103. The molecule has 0 bridgehead atoms. The predicted octanol–water partition coefficient (Wildman–Crippen LogP) is 4.10. The van der Waals surface area contributed by atoms with Gasteiger partial charge in [0.05, 0.1) is 5.60 Å². The third-order valence-electron chi connectivity index (χ3n) is 4.55. The van der Waals surface area contributed by atoms with Crippen molar-refractivity contribution in [2.75, 3.05) is 13.7 Å². The fraction of sp³-hybridized carbons (Fsp3) is 0.667. The first-order valence-corrected chi connectivity index (χ1v) is 7.92. The largest absolute Gasteiger partial charge is 0.377 e. The van der Waals surface area contributed by atoms with Crippen molar-refractivity contribution in [1.82, 2.24) is 5.32 Å². The van der Waals surface area contributed by atoms with Crippen LogP contribution in [-0.4, -0.2) is 19.3 Å². The summed E-state index contributed by atoms with van der Waals surface area (Å²) < 4.78 is 5.66. The number of ether oxygens (including phenoxy) is 1. The van der Waals surface area contributed by atoms with Crippen LogP contribution in [0, 0.1) is 5.92 Å². The molecule has 0 aliphatic heterocycles. The Kier molecular flexibility index (Phi) is 5.22. The van der Waals surface area contributed by atoms with Crippen LogP contribution in [0.25, 0.3) is 0 Å². The molecule has 0 spiro atoms. The molecule has 2 heteroatoms. The molecule has 1 aliphatic carbocycles. The average molecular weight is 275 g/mol. The summed E-state index contributed by atoms with van der Waals surface area (Å²) in [5, 5.41) is 3.63. The maximum absolute atomic E-state index is 5.66. The van der Waals surface area contributed by atoms with E-state index in [0.717, 1.165) is 18.9 Å². The van der Waals surface area contributed by atoms with Gasteiger partial charge in [-0.15, -0.1) is 0 Å². The van der Waals surface area contributed by atoms with E-state index in [4.69, 9.17) is 4.74 Å². The molecular weight excluding hydrogens is 246 g/mol. The second-order valence-corrected chi connectivity index (χ2v) is 6.68. The summed E-state index contributed by atoms with van der Waals surface area (Å²) in [5.41, 5.74) is 2.90. The maximum Gasteiger partial charge on any atom is 0.0802 e. The van der Waals surface area contributed by atoms with Crippen LogP contribution >= 0.6 is 0 Å². The Bertz CT molecular complexity index is 400. The van der Waals surface area contributed by atoms with Crippen LogP contribution in [0.4, 0.5) is 0 Å². The van der Waals surface area contributed by atoms with Gasteiger partial charge in [0.25, 0.3) is 0 Å². The molecular formula is C18H29NO. The van der Waals surface area contributed by atoms with Gasteiger partial charge in [-0.25, -0.2) is 0 Å². The lowest BCUT2D eigenvalue weighted by Crippen LogP contribution is -2.48. The Balaban J connectivity index is 1.87. The lowest BCUT2D eigenvalue weighted by atomic mass is 9.80. The molecule has 1 saturated carbocycles. The zero-order valence-electron chi connectivity index (χ0n) is 13.4. The highest BCUT2D eigenvalue weighted by atomic mass is 16.5. The first kappa shape index (κ1) is 15.5. The summed E-state index contributed by atoms with van der Waals surface area (Å²) in [6.45, 7) is 7.72. The lowest BCUT2D eigenvalue weighted by molar-refractivity contribution is -0.0706. The van der Waals surface area contributed by atoms with Crippen molar-refractivity contribution in [2.45, 2.75) is 58.1 Å². The van der Waals surface area contributed by atoms with Crippen molar-refractivity contribution in [3.05, 3.63) is 35.4 Å². The number of rotatable bonds is 7. The quantitative estimate of drug-likeness (QED) is 0.808. The SMILES string of the molecule is COC1(CNC(C)c2ccc(CC(C)C)cc2)CCC1. The number of nitrogens with one attached hydrogen (secondary N) is 1. The third-order valence-corrected chi connectivity index (χ3v) is 4.55. The van der Waals surface area contributed by atoms with E-state index >= 15 is 0 Å². The maximum atomic E-state index is 5.66. The van der Waals surface area contributed by atoms with Crippen LogP contribution < -0.4 is 5.32 Å². The second kappa shape index (κ2) is 6.73. The molecule has 20 heavy (non-hydrogen) atoms. The zero-order valence-corrected chi connectivity index (χ0v) is 13.4. The van der Waals surface area contributed by atoms with E-state index in [1.165, 1.54) is 30.4 Å². The van der Waals surface area contributed by atoms with Gasteiger partial charge in [-0.3, -0.25) is 0 Å². The summed E-state index contributed by atoms with van der Waals surface area (Å²) >= 11 is 0. The van der Waals surface area contributed by atoms with Gasteiger partial charge in [-0.2, -0.15) is 0 Å². The van der Waals surface area contributed by atoms with Crippen molar-refractivity contribution >= 4 is 0 Å². The van der Waals surface area contributed by atoms with Crippen LogP contribution in [-0.2, 0) is 11.2 Å². The van der Waals surface area contributed by atoms with E-state index in [1.807, 2.05) is 7.11 Å². The van der Waals surface area contributed by atoms with E-state index in [-0.39, 0.29) is 5.60 Å². The molecule has 1 unspecified atom stereocenters. The van der Waals surface area contributed by atoms with E-state index in [0.29, 0.717) is 6.04 Å². The summed E-state index contributed by atoms with van der Waals surface area (Å²) in [7, 11) is 1.84. The highest BCUT2D eigenvalue weighted by Gasteiger charge is 2.36. The molecule has 1 aliphatic rings. The van der Waals surface area contributed by atoms with Gasteiger partial charge in [0.15, 0.2) is 0 Å². The summed E-state index contributed by atoms with van der Waals surface area (Å²) in [6, 6.07) is 9.44. The Labute approximate surface area is 123 Å². The number of methoxy groups -OCH3 is 1. The average Bonchev–Trinajstić information content (AvgIpc) is 2.38. The zero-order chi connectivity index (χ0) is 14.6. The van der Waals surface area contributed by atoms with Crippen LogP contribution in [0.15, 0.2) is 24.3 Å². The summed E-state index contributed by atoms with van der Waals surface area (Å²) in [5.74, 6) is 0.719. The van der Waals surface area contributed by atoms with Gasteiger partial charge in [-0.1, -0.05) is 38.1 Å². The van der Waals surface area contributed by atoms with Gasteiger partial charge >= 0.3 is 0 Å². The molecule has 0 aromatic heterocycles. The fourth-order valence-corrected chi connectivity index (χ4v) is 2.89. The first-order chi connectivity index (χ1) is 9.54. The number of benzene rings is 1. The van der Waals surface area contributed by atoms with Crippen molar-refractivity contribution in [3.8, 4) is 0 Å². The van der Waals surface area contributed by atoms with Gasteiger partial charge in [-0.05, 0) is 49.7 Å². The Morgan fingerprint density at radius 2 is 1.80 bits per heavy atom. The highest BCUT2D eigenvalue weighted by molar-refractivity contribution is 5.25. The number of hydrogen-bond donors (Lipinski definition) is 1. The minimum Gasteiger partial charge on any atom is -0.377 e. The Morgan fingerprint density at radius 3 is 2.25 bits per heavy atom. The van der Waals surface area contributed by atoms with Crippen LogP contribution in [0.2, 0.25) is 0 Å². The normalized spacial score (nSPS) is 18.9. The Morgan fingerprint density at radius 1 is 1.15 bits per heavy atom. The minimum absolute atomic E-state index is 0.103. The van der Waals surface area contributed by atoms with E-state index in [1.54, 1.807) is 0 Å². The van der Waals surface area contributed by atoms with Gasteiger partial charge in [0.2, 0.25) is 0 Å². The van der Waals surface area contributed by atoms with Gasteiger partial charge in [0, 0.05) is 19.7 Å². The molecule has 0 radical (unpaired) electrons. The molecule has 1 aromatic rings. The molecule has 112 valence electrons. The monoisotopic (exact) mass is 275 g/mol. The van der Waals surface area contributed by atoms with E-state index in [2.05, 4.69) is 50.4 Å². The fourth-order valence-electron chi connectivity index (χ4n) is 2.89. The highest BCUT2D eigenvalue weighted by Crippen LogP contribution is 2.34. The van der Waals surface area contributed by atoms with Crippen molar-refractivity contribution < 1.29 is 4.74 Å². The van der Waals surface area contributed by atoms with Crippen LogP contribution in [0.5, 0.6) is 0 Å². The molecule has 0 heterocycles. The molecule has 1 N–H and O–H groups in total. The summed E-state index contributed by atoms with van der Waals surface area (Å²) in [6.07, 6.45) is 4.84. The van der Waals surface area contributed by atoms with Crippen LogP contribution in [0.3, 0.4) is 0 Å². The lowest BCUT2D eigenvalue weighted by Gasteiger charge is -2.41. The smallest absolute Gasteiger partial charge is 0.0802 e. The third kappa shape index (κ3) is 3.83. The van der Waals surface area contributed by atoms with Crippen molar-refractivity contribution in [1.29, 1.82) is 0 Å². The van der Waals surface area contributed by atoms with E-state index in [9.17, 15) is 0 Å². The molecule has 2 nitrogen and oxygen atoms in total. The predicted molar refractivity (Wildman–Crippen MR) is 85.0 cm³/mol. The Hall–Kier alpha value is -0.860. The standard InChI is InChI=1S/C18H29NO/c1-14(2)12-16-6-8-17(9-7-16)15(3)19-13-18(20-4)10-5-11-18/h6-9,14-15,19H,5,10-13H2,1-4H3. The number of hydrogen-bond acceptors (Lipinski definition) is 2. The van der Waals surface area contributed by atoms with Gasteiger partial charge < -0.3 is 10.1 Å². The molecule has 1 aromatic carbocycles. The van der Waals surface area contributed by atoms with E-state index < -0.39 is 0 Å².